The van der Waals surface area contributed by atoms with Gasteiger partial charge in [0.25, 0.3) is 11.2 Å². The van der Waals surface area contributed by atoms with Crippen molar-refractivity contribution < 1.29 is 64.4 Å². The molecule has 0 spiro atoms. The van der Waals surface area contributed by atoms with Crippen molar-refractivity contribution in [3.8, 4) is 11.5 Å². The van der Waals surface area contributed by atoms with Crippen LogP contribution in [0.4, 0.5) is 0 Å². The molecule has 8 rings (SSSR count). The van der Waals surface area contributed by atoms with E-state index >= 15 is 0 Å². The zero-order valence-electron chi connectivity index (χ0n) is 40.0. The first-order valence-corrected chi connectivity index (χ1v) is 25.8. The summed E-state index contributed by atoms with van der Waals surface area (Å²) in [6, 6.07) is 26.3. The number of esters is 2. The molecular weight excluding hydrogens is 941 g/mol. The van der Waals surface area contributed by atoms with Crippen LogP contribution in [-0.4, -0.2) is 124 Å². The van der Waals surface area contributed by atoms with Gasteiger partial charge < -0.3 is 28.4 Å². The Morgan fingerprint density at radius 3 is 1.19 bits per heavy atom. The van der Waals surface area contributed by atoms with Gasteiger partial charge in [-0.1, -0.05) is 72.8 Å². The summed E-state index contributed by atoms with van der Waals surface area (Å²) < 4.78 is 87.4. The molecule has 0 aromatic heterocycles. The first-order chi connectivity index (χ1) is 33.1. The molecule has 18 heteroatoms. The first-order valence-electron chi connectivity index (χ1n) is 22.9. The van der Waals surface area contributed by atoms with Crippen LogP contribution >= 0.6 is 0 Å². The number of para-hydroxylation sites is 2. The van der Waals surface area contributed by atoms with Gasteiger partial charge >= 0.3 is 11.9 Å². The summed E-state index contributed by atoms with van der Waals surface area (Å²) in [5, 5.41) is 0. The number of ketones is 2. The Labute approximate surface area is 409 Å². The van der Waals surface area contributed by atoms with E-state index in [2.05, 4.69) is 0 Å². The van der Waals surface area contributed by atoms with Gasteiger partial charge in [0.2, 0.25) is 31.6 Å². The van der Waals surface area contributed by atoms with Crippen LogP contribution in [0.2, 0.25) is 0 Å². The highest BCUT2D eigenvalue weighted by molar-refractivity contribution is 7.89. The summed E-state index contributed by atoms with van der Waals surface area (Å²) in [5.74, 6) is -1.70. The fourth-order valence-corrected chi connectivity index (χ4v) is 10.7. The summed E-state index contributed by atoms with van der Waals surface area (Å²) in [4.78, 5) is 53.2. The van der Waals surface area contributed by atoms with Gasteiger partial charge in [-0.05, 0) is 101 Å². The van der Waals surface area contributed by atoms with E-state index in [0.717, 1.165) is 0 Å². The molecule has 4 aliphatic rings. The third-order valence-electron chi connectivity index (χ3n) is 11.4. The van der Waals surface area contributed by atoms with Gasteiger partial charge in [-0.15, -0.1) is 0 Å². The van der Waals surface area contributed by atoms with Crippen LogP contribution < -0.4 is 9.47 Å². The topological polar surface area (TPSA) is 198 Å². The molecule has 0 N–H and O–H groups in total. The summed E-state index contributed by atoms with van der Waals surface area (Å²) >= 11 is 0. The maximum atomic E-state index is 13.3. The number of fused-ring (bicyclic) bond motifs is 2. The molecule has 4 heterocycles. The smallest absolute Gasteiger partial charge is 0.359 e. The Morgan fingerprint density at radius 1 is 0.543 bits per heavy atom. The van der Waals surface area contributed by atoms with E-state index in [1.807, 2.05) is 0 Å². The molecule has 2 saturated heterocycles. The number of nitrogens with zero attached hydrogens (tertiary/aromatic N) is 2. The van der Waals surface area contributed by atoms with Crippen molar-refractivity contribution in [3.05, 3.63) is 131 Å². The molecule has 16 nitrogen and oxygen atoms in total. The molecular formula is C52H58N2O14S2. The van der Waals surface area contributed by atoms with Crippen molar-refractivity contribution in [2.24, 2.45) is 0 Å². The fraction of sp³-hybridized carbons (Fsp3) is 0.385. The highest BCUT2D eigenvalue weighted by Crippen LogP contribution is 2.40. The van der Waals surface area contributed by atoms with E-state index in [1.165, 1.54) is 8.61 Å². The lowest BCUT2D eigenvalue weighted by Crippen LogP contribution is -2.51. The highest BCUT2D eigenvalue weighted by Gasteiger charge is 2.56. The van der Waals surface area contributed by atoms with Crippen LogP contribution in [0.25, 0.3) is 12.2 Å². The number of rotatable bonds is 12. The van der Waals surface area contributed by atoms with Crippen LogP contribution in [0.5, 0.6) is 11.5 Å². The molecule has 372 valence electrons. The van der Waals surface area contributed by atoms with Crippen LogP contribution in [0, 0.1) is 0 Å². The molecule has 0 aliphatic carbocycles. The second-order valence-electron chi connectivity index (χ2n) is 18.9. The SMILES string of the molecule is CC(C)(C)OC(=O)[C@]1(C/C=C/c2ccc(S(=O)(=O)N3CCOCC3)cc2)Oc2ccccc2C1=O.CC(C)(C)OC(=O)[C@]1(C/C=C/c2ccc(S(=O)(=O)N3CCOCC3)cc2)Oc2ccccc2C1=O. The van der Waals surface area contributed by atoms with Gasteiger partial charge in [0.1, 0.15) is 22.7 Å². The van der Waals surface area contributed by atoms with Gasteiger partial charge in [0, 0.05) is 39.0 Å². The molecule has 4 aromatic rings. The fourth-order valence-electron chi connectivity index (χ4n) is 7.91. The molecule has 2 atom stereocenters. The molecule has 2 fully saturated rings. The summed E-state index contributed by atoms with van der Waals surface area (Å²) in [7, 11) is -7.17. The zero-order chi connectivity index (χ0) is 50.5. The van der Waals surface area contributed by atoms with E-state index in [9.17, 15) is 36.0 Å². The monoisotopic (exact) mass is 998 g/mol. The minimum atomic E-state index is -3.59. The van der Waals surface area contributed by atoms with E-state index in [1.54, 1.807) is 163 Å². The van der Waals surface area contributed by atoms with Crippen LogP contribution in [0.1, 0.15) is 86.2 Å². The minimum Gasteiger partial charge on any atom is -0.466 e. The lowest BCUT2D eigenvalue weighted by molar-refractivity contribution is -0.169. The number of hydrogen-bond acceptors (Lipinski definition) is 14. The van der Waals surface area contributed by atoms with Gasteiger partial charge in [0.15, 0.2) is 0 Å². The number of carbonyl (C=O) groups excluding carboxylic acids is 4. The quantitative estimate of drug-likeness (QED) is 0.105. The maximum Gasteiger partial charge on any atom is 0.359 e. The molecule has 4 aliphatic heterocycles. The number of ether oxygens (including phenoxy) is 6. The Morgan fingerprint density at radius 2 is 0.871 bits per heavy atom. The second kappa shape index (κ2) is 20.8. The van der Waals surface area contributed by atoms with E-state index in [4.69, 9.17) is 28.4 Å². The lowest BCUT2D eigenvalue weighted by atomic mass is 9.91. The molecule has 4 aromatic carbocycles. The second-order valence-corrected chi connectivity index (χ2v) is 22.8. The van der Waals surface area contributed by atoms with Crippen molar-refractivity contribution in [3.63, 3.8) is 0 Å². The molecule has 0 radical (unpaired) electrons. The number of carbonyl (C=O) groups is 4. The predicted molar refractivity (Wildman–Crippen MR) is 259 cm³/mol. The number of benzene rings is 4. The van der Waals surface area contributed by atoms with Gasteiger partial charge in [-0.2, -0.15) is 8.61 Å². The Bertz CT molecular complexity index is 2680. The molecule has 70 heavy (non-hydrogen) atoms. The van der Waals surface area contributed by atoms with Gasteiger partial charge in [-0.3, -0.25) is 9.59 Å². The van der Waals surface area contributed by atoms with Crippen LogP contribution in [0.15, 0.2) is 119 Å². The molecule has 0 unspecified atom stereocenters. The molecule has 0 amide bonds. The maximum absolute atomic E-state index is 13.3. The highest BCUT2D eigenvalue weighted by atomic mass is 32.2. The number of sulfonamides is 2. The minimum absolute atomic E-state index is 0.0384. The van der Waals surface area contributed by atoms with Crippen molar-refractivity contribution in [2.75, 3.05) is 52.6 Å². The first kappa shape index (κ1) is 51.8. The van der Waals surface area contributed by atoms with Crippen LogP contribution in [-0.2, 0) is 48.6 Å². The van der Waals surface area contributed by atoms with E-state index in [-0.39, 0.29) is 22.6 Å². The Kier molecular flexibility index (Phi) is 15.4. The standard InChI is InChI=1S/2C26H29NO7S/c2*1-25(2,3)34-24(29)26(23(28)21-8-4-5-9-22(21)33-26)14-6-7-19-10-12-20(13-11-19)35(30,31)27-15-17-32-18-16-27/h2*4-13H,14-18H2,1-3H3/b2*7-6+/t2*26-/m11/s1. The van der Waals surface area contributed by atoms with Crippen LogP contribution in [0.3, 0.4) is 0 Å². The van der Waals surface area contributed by atoms with E-state index in [0.29, 0.717) is 86.4 Å². The van der Waals surface area contributed by atoms with Crippen molar-refractivity contribution >= 4 is 55.7 Å². The number of hydrogen-bond donors (Lipinski definition) is 0. The van der Waals surface area contributed by atoms with Gasteiger partial charge in [-0.25, -0.2) is 26.4 Å². The third-order valence-corrected chi connectivity index (χ3v) is 15.3. The lowest BCUT2D eigenvalue weighted by Gasteiger charge is -2.28. The average Bonchev–Trinajstić information content (AvgIpc) is 3.79. The third kappa shape index (κ3) is 11.4. The molecule has 0 bridgehead atoms. The van der Waals surface area contributed by atoms with Crippen molar-refractivity contribution in [1.82, 2.24) is 8.61 Å². The number of Topliss-reactive ketones (excluding diaryl/α,β-unsaturated/α-hetero) is 2. The van der Waals surface area contributed by atoms with Gasteiger partial charge in [0.05, 0.1) is 47.3 Å². The zero-order valence-corrected chi connectivity index (χ0v) is 41.7. The normalized spacial score (nSPS) is 21.1. The Hall–Kier alpha value is -6.02. The summed E-state index contributed by atoms with van der Waals surface area (Å²) in [6.45, 7) is 13.2. The van der Waals surface area contributed by atoms with Crippen molar-refractivity contribution in [2.45, 2.75) is 86.6 Å². The summed E-state index contributed by atoms with van der Waals surface area (Å²) in [6.07, 6.45) is 6.69. The predicted octanol–water partition coefficient (Wildman–Crippen LogP) is 6.93. The average molecular weight is 999 g/mol. The Balaban J connectivity index is 0.000000206. The van der Waals surface area contributed by atoms with E-state index < -0.39 is 66.0 Å². The largest absolute Gasteiger partial charge is 0.466 e. The molecule has 0 saturated carbocycles. The van der Waals surface area contributed by atoms with Crippen molar-refractivity contribution in [1.29, 1.82) is 0 Å². The number of morpholine rings is 2. The summed E-state index contributed by atoms with van der Waals surface area (Å²) in [5.41, 5.74) is -3.11.